The maximum atomic E-state index is 12.1. The van der Waals surface area contributed by atoms with Crippen LogP contribution in [0.15, 0.2) is 48.5 Å². The minimum atomic E-state index is -0.834. The highest BCUT2D eigenvalue weighted by atomic mass is 16.6. The number of para-hydroxylation sites is 2. The summed E-state index contributed by atoms with van der Waals surface area (Å²) in [5.74, 6) is 0.0630. The summed E-state index contributed by atoms with van der Waals surface area (Å²) in [6.07, 6.45) is -0.834. The molecule has 1 amide bonds. The highest BCUT2D eigenvalue weighted by Crippen LogP contribution is 2.25. The van der Waals surface area contributed by atoms with Crippen LogP contribution in [0.5, 0.6) is 11.5 Å². The average molecular weight is 399 g/mol. The Kier molecular flexibility index (Phi) is 7.65. The van der Waals surface area contributed by atoms with Gasteiger partial charge >= 0.3 is 5.97 Å². The number of anilines is 1. The van der Waals surface area contributed by atoms with Gasteiger partial charge < -0.3 is 19.5 Å². The lowest BCUT2D eigenvalue weighted by molar-refractivity contribution is -0.153. The molecule has 1 atom stereocenters. The number of benzene rings is 2. The van der Waals surface area contributed by atoms with Gasteiger partial charge in [0.2, 0.25) is 0 Å². The quantitative estimate of drug-likeness (QED) is 0.669. The molecule has 0 radical (unpaired) electrons. The Balaban J connectivity index is 1.84. The Morgan fingerprint density at radius 1 is 1.03 bits per heavy atom. The second-order valence-corrected chi connectivity index (χ2v) is 7.62. The van der Waals surface area contributed by atoms with Crippen LogP contribution in [-0.4, -0.2) is 31.2 Å². The van der Waals surface area contributed by atoms with E-state index in [1.54, 1.807) is 25.1 Å². The van der Waals surface area contributed by atoms with Crippen LogP contribution in [0.1, 0.15) is 40.2 Å². The number of carbonyl (C=O) groups excluding carboxylic acids is 2. The summed E-state index contributed by atoms with van der Waals surface area (Å²) < 4.78 is 16.1. The van der Waals surface area contributed by atoms with Crippen molar-refractivity contribution in [3.05, 3.63) is 54.1 Å². The van der Waals surface area contributed by atoms with Gasteiger partial charge in [0, 0.05) is 0 Å². The summed E-state index contributed by atoms with van der Waals surface area (Å²) in [7, 11) is 0. The van der Waals surface area contributed by atoms with Crippen molar-refractivity contribution >= 4 is 17.6 Å². The Morgan fingerprint density at radius 2 is 1.69 bits per heavy atom. The molecule has 0 aliphatic heterocycles. The molecular formula is C23H29NO5. The first kappa shape index (κ1) is 22.3. The first-order valence-electron chi connectivity index (χ1n) is 9.66. The van der Waals surface area contributed by atoms with Crippen molar-refractivity contribution in [3.63, 3.8) is 0 Å². The zero-order valence-corrected chi connectivity index (χ0v) is 17.7. The third-order valence-electron chi connectivity index (χ3n) is 4.17. The number of hydrogen-bond donors (Lipinski definition) is 1. The van der Waals surface area contributed by atoms with E-state index < -0.39 is 24.6 Å². The molecule has 0 bridgehead atoms. The maximum absolute atomic E-state index is 12.1. The van der Waals surface area contributed by atoms with Crippen molar-refractivity contribution < 1.29 is 23.8 Å². The lowest BCUT2D eigenvalue weighted by Crippen LogP contribution is -2.29. The van der Waals surface area contributed by atoms with Gasteiger partial charge in [-0.1, -0.05) is 45.0 Å². The number of esters is 1. The predicted molar refractivity (Wildman–Crippen MR) is 112 cm³/mol. The molecule has 156 valence electrons. The SMILES string of the molecule is CCOc1ccccc1NC(=O)COC(=O)[C@@H](C)Oc1ccc(C(C)(C)C)cc1. The van der Waals surface area contributed by atoms with E-state index in [0.717, 1.165) is 0 Å². The molecule has 0 aromatic heterocycles. The van der Waals surface area contributed by atoms with E-state index in [2.05, 4.69) is 26.1 Å². The number of ether oxygens (including phenoxy) is 3. The van der Waals surface area contributed by atoms with E-state index in [-0.39, 0.29) is 5.41 Å². The molecule has 29 heavy (non-hydrogen) atoms. The Labute approximate surface area is 172 Å². The molecule has 0 aliphatic rings. The number of amides is 1. The molecule has 2 aromatic rings. The summed E-state index contributed by atoms with van der Waals surface area (Å²) in [5.41, 5.74) is 1.74. The smallest absolute Gasteiger partial charge is 0.347 e. The molecule has 2 aromatic carbocycles. The average Bonchev–Trinajstić information content (AvgIpc) is 2.67. The fourth-order valence-electron chi connectivity index (χ4n) is 2.58. The van der Waals surface area contributed by atoms with Gasteiger partial charge in [-0.3, -0.25) is 4.79 Å². The lowest BCUT2D eigenvalue weighted by atomic mass is 9.87. The fraction of sp³-hybridized carbons (Fsp3) is 0.391. The van der Waals surface area contributed by atoms with Gasteiger partial charge in [-0.2, -0.15) is 0 Å². The third kappa shape index (κ3) is 6.82. The molecule has 0 saturated heterocycles. The first-order valence-corrected chi connectivity index (χ1v) is 9.66. The van der Waals surface area contributed by atoms with Gasteiger partial charge in [-0.15, -0.1) is 0 Å². The first-order chi connectivity index (χ1) is 13.7. The number of rotatable bonds is 8. The Morgan fingerprint density at radius 3 is 2.31 bits per heavy atom. The van der Waals surface area contributed by atoms with Crippen LogP contribution in [0, 0.1) is 0 Å². The van der Waals surface area contributed by atoms with Crippen LogP contribution < -0.4 is 14.8 Å². The second-order valence-electron chi connectivity index (χ2n) is 7.62. The minimum absolute atomic E-state index is 0.0389. The minimum Gasteiger partial charge on any atom is -0.492 e. The van der Waals surface area contributed by atoms with Crippen molar-refractivity contribution in [1.29, 1.82) is 0 Å². The zero-order chi connectivity index (χ0) is 21.4. The topological polar surface area (TPSA) is 73.9 Å². The van der Waals surface area contributed by atoms with Crippen molar-refractivity contribution in [2.75, 3.05) is 18.5 Å². The van der Waals surface area contributed by atoms with Crippen LogP contribution in [-0.2, 0) is 19.7 Å². The molecule has 6 heteroatoms. The van der Waals surface area contributed by atoms with Crippen LogP contribution in [0.3, 0.4) is 0 Å². The molecule has 0 heterocycles. The van der Waals surface area contributed by atoms with E-state index in [1.165, 1.54) is 5.56 Å². The Bertz CT molecular complexity index is 824. The third-order valence-corrected chi connectivity index (χ3v) is 4.17. The molecule has 0 fully saturated rings. The predicted octanol–water partition coefficient (Wildman–Crippen LogP) is 4.33. The largest absolute Gasteiger partial charge is 0.492 e. The Hall–Kier alpha value is -3.02. The second kappa shape index (κ2) is 9.96. The van der Waals surface area contributed by atoms with Crippen LogP contribution in [0.25, 0.3) is 0 Å². The highest BCUT2D eigenvalue weighted by molar-refractivity contribution is 5.94. The maximum Gasteiger partial charge on any atom is 0.347 e. The van der Waals surface area contributed by atoms with E-state index in [9.17, 15) is 9.59 Å². The van der Waals surface area contributed by atoms with E-state index in [1.807, 2.05) is 37.3 Å². The van der Waals surface area contributed by atoms with E-state index in [0.29, 0.717) is 23.8 Å². The molecule has 0 unspecified atom stereocenters. The van der Waals surface area contributed by atoms with Gasteiger partial charge in [-0.25, -0.2) is 4.79 Å². The van der Waals surface area contributed by atoms with Crippen LogP contribution >= 0.6 is 0 Å². The van der Waals surface area contributed by atoms with Crippen LogP contribution in [0.2, 0.25) is 0 Å². The monoisotopic (exact) mass is 399 g/mol. The van der Waals surface area contributed by atoms with Crippen molar-refractivity contribution in [2.45, 2.75) is 46.1 Å². The summed E-state index contributed by atoms with van der Waals surface area (Å²) in [4.78, 5) is 24.2. The van der Waals surface area contributed by atoms with Crippen molar-refractivity contribution in [3.8, 4) is 11.5 Å². The van der Waals surface area contributed by atoms with E-state index in [4.69, 9.17) is 14.2 Å². The zero-order valence-electron chi connectivity index (χ0n) is 17.7. The standard InChI is InChI=1S/C23H29NO5/c1-6-27-20-10-8-7-9-19(20)24-21(25)15-28-22(26)16(2)29-18-13-11-17(12-14-18)23(3,4)5/h7-14,16H,6,15H2,1-5H3,(H,24,25)/t16-/m1/s1. The summed E-state index contributed by atoms with van der Waals surface area (Å²) >= 11 is 0. The molecule has 1 N–H and O–H groups in total. The van der Waals surface area contributed by atoms with Gasteiger partial charge in [0.05, 0.1) is 12.3 Å². The molecule has 0 saturated carbocycles. The number of nitrogens with one attached hydrogen (secondary N) is 1. The van der Waals surface area contributed by atoms with Crippen molar-refractivity contribution in [2.24, 2.45) is 0 Å². The normalized spacial score (nSPS) is 12.0. The van der Waals surface area contributed by atoms with E-state index >= 15 is 0 Å². The fourth-order valence-corrected chi connectivity index (χ4v) is 2.58. The summed E-state index contributed by atoms with van der Waals surface area (Å²) in [6.45, 7) is 9.90. The van der Waals surface area contributed by atoms with Gasteiger partial charge in [0.15, 0.2) is 12.7 Å². The summed E-state index contributed by atoms with van der Waals surface area (Å²) in [5, 5.41) is 2.68. The van der Waals surface area contributed by atoms with Crippen LogP contribution in [0.4, 0.5) is 5.69 Å². The van der Waals surface area contributed by atoms with Crippen molar-refractivity contribution in [1.82, 2.24) is 0 Å². The number of hydrogen-bond acceptors (Lipinski definition) is 5. The number of carbonyl (C=O) groups is 2. The molecule has 2 rings (SSSR count). The van der Waals surface area contributed by atoms with Gasteiger partial charge in [0.25, 0.3) is 5.91 Å². The molecule has 0 spiro atoms. The molecule has 6 nitrogen and oxygen atoms in total. The highest BCUT2D eigenvalue weighted by Gasteiger charge is 2.19. The molecule has 0 aliphatic carbocycles. The summed E-state index contributed by atoms with van der Waals surface area (Å²) in [6, 6.07) is 14.7. The molecular weight excluding hydrogens is 370 g/mol. The van der Waals surface area contributed by atoms with Gasteiger partial charge in [0.1, 0.15) is 11.5 Å². The van der Waals surface area contributed by atoms with Gasteiger partial charge in [-0.05, 0) is 49.1 Å². The lowest BCUT2D eigenvalue weighted by Gasteiger charge is -2.20.